The van der Waals surface area contributed by atoms with E-state index in [9.17, 15) is 0 Å². The smallest absolute Gasteiger partial charge is 0.140 e. The lowest BCUT2D eigenvalue weighted by molar-refractivity contribution is 0.180. The van der Waals surface area contributed by atoms with E-state index in [1.165, 1.54) is 0 Å². The molecule has 0 unspecified atom stereocenters. The van der Waals surface area contributed by atoms with Crippen LogP contribution in [0.15, 0.2) is 28.7 Å². The minimum Gasteiger partial charge on any atom is -0.383 e. The highest BCUT2D eigenvalue weighted by atomic mass is 79.9. The summed E-state index contributed by atoms with van der Waals surface area (Å²) in [7, 11) is 1.56. The Morgan fingerprint density at radius 1 is 1.42 bits per heavy atom. The van der Waals surface area contributed by atoms with Gasteiger partial charge >= 0.3 is 0 Å². The summed E-state index contributed by atoms with van der Waals surface area (Å²) >= 11 is 3.39. The summed E-state index contributed by atoms with van der Waals surface area (Å²) in [6, 6.07) is 9.94. The van der Waals surface area contributed by atoms with Gasteiger partial charge in [0.2, 0.25) is 0 Å². The monoisotopic (exact) mass is 320 g/mol. The first kappa shape index (κ1) is 13.6. The standard InChI is InChI=1S/C13H13BrN4O/c1-19-8-12-11(6-15)13(16)18(17-12)7-9-2-4-10(14)5-3-9/h2-5H,7-8,16H2,1H3. The Bertz CT molecular complexity index is 613. The lowest BCUT2D eigenvalue weighted by Crippen LogP contribution is -2.06. The van der Waals surface area contributed by atoms with Gasteiger partial charge in [-0.25, -0.2) is 4.68 Å². The summed E-state index contributed by atoms with van der Waals surface area (Å²) in [5, 5.41) is 13.4. The molecule has 0 saturated heterocycles. The molecule has 0 amide bonds. The molecule has 2 N–H and O–H groups in total. The zero-order valence-corrected chi connectivity index (χ0v) is 12.0. The van der Waals surface area contributed by atoms with Crippen molar-refractivity contribution in [1.82, 2.24) is 9.78 Å². The number of halogens is 1. The highest BCUT2D eigenvalue weighted by Gasteiger charge is 2.15. The maximum atomic E-state index is 9.10. The van der Waals surface area contributed by atoms with E-state index in [0.717, 1.165) is 10.0 Å². The van der Waals surface area contributed by atoms with Gasteiger partial charge in [-0.3, -0.25) is 0 Å². The van der Waals surface area contributed by atoms with Crippen molar-refractivity contribution in [3.63, 3.8) is 0 Å². The molecule has 0 aliphatic heterocycles. The van der Waals surface area contributed by atoms with E-state index < -0.39 is 0 Å². The molecule has 0 aliphatic carbocycles. The second-order valence-corrected chi connectivity index (χ2v) is 4.95. The molecule has 0 atom stereocenters. The summed E-state index contributed by atoms with van der Waals surface area (Å²) in [6.45, 7) is 0.804. The molecular formula is C13H13BrN4O. The zero-order chi connectivity index (χ0) is 13.8. The van der Waals surface area contributed by atoms with Crippen LogP contribution >= 0.6 is 15.9 Å². The average molecular weight is 321 g/mol. The molecule has 0 saturated carbocycles. The number of rotatable bonds is 4. The van der Waals surface area contributed by atoms with Crippen molar-refractivity contribution < 1.29 is 4.74 Å². The molecule has 2 aromatic rings. The molecule has 6 heteroatoms. The molecule has 0 radical (unpaired) electrons. The Kier molecular flexibility index (Phi) is 4.20. The number of hydrogen-bond acceptors (Lipinski definition) is 4. The first-order valence-electron chi connectivity index (χ1n) is 5.64. The van der Waals surface area contributed by atoms with Gasteiger partial charge in [-0.15, -0.1) is 0 Å². The van der Waals surface area contributed by atoms with E-state index in [1.54, 1.807) is 11.8 Å². The van der Waals surface area contributed by atoms with Crippen LogP contribution in [0, 0.1) is 11.3 Å². The molecule has 1 aromatic heterocycles. The van der Waals surface area contributed by atoms with Crippen LogP contribution in [0.5, 0.6) is 0 Å². The van der Waals surface area contributed by atoms with Gasteiger partial charge in [0.05, 0.1) is 13.2 Å². The highest BCUT2D eigenvalue weighted by molar-refractivity contribution is 9.10. The second-order valence-electron chi connectivity index (χ2n) is 4.04. The fourth-order valence-electron chi connectivity index (χ4n) is 1.77. The van der Waals surface area contributed by atoms with E-state index in [-0.39, 0.29) is 6.61 Å². The fraction of sp³-hybridized carbons (Fsp3) is 0.231. The van der Waals surface area contributed by atoms with Crippen molar-refractivity contribution in [2.75, 3.05) is 12.8 Å². The molecule has 5 nitrogen and oxygen atoms in total. The fourth-order valence-corrected chi connectivity index (χ4v) is 2.03. The second kappa shape index (κ2) is 5.87. The van der Waals surface area contributed by atoms with Gasteiger partial charge < -0.3 is 10.5 Å². The minimum absolute atomic E-state index is 0.278. The van der Waals surface area contributed by atoms with Crippen molar-refractivity contribution in [3.8, 4) is 6.07 Å². The Hall–Kier alpha value is -1.84. The topological polar surface area (TPSA) is 76.9 Å². The van der Waals surface area contributed by atoms with Crippen molar-refractivity contribution in [2.24, 2.45) is 0 Å². The van der Waals surface area contributed by atoms with Crippen molar-refractivity contribution in [1.29, 1.82) is 5.26 Å². The van der Waals surface area contributed by atoms with Crippen LogP contribution in [-0.2, 0) is 17.9 Å². The molecule has 0 fully saturated rings. The molecule has 0 aliphatic rings. The van der Waals surface area contributed by atoms with Gasteiger partial charge in [0, 0.05) is 11.6 Å². The van der Waals surface area contributed by atoms with Crippen molar-refractivity contribution >= 4 is 21.7 Å². The molecule has 19 heavy (non-hydrogen) atoms. The van der Waals surface area contributed by atoms with Crippen LogP contribution in [-0.4, -0.2) is 16.9 Å². The van der Waals surface area contributed by atoms with Crippen LogP contribution in [0.1, 0.15) is 16.8 Å². The zero-order valence-electron chi connectivity index (χ0n) is 10.4. The van der Waals surface area contributed by atoms with Gasteiger partial charge in [0.15, 0.2) is 0 Å². The third-order valence-corrected chi connectivity index (χ3v) is 3.23. The van der Waals surface area contributed by atoms with E-state index in [2.05, 4.69) is 27.1 Å². The number of nitriles is 1. The Labute approximate surface area is 119 Å². The number of nitrogen functional groups attached to an aromatic ring is 1. The molecular weight excluding hydrogens is 308 g/mol. The van der Waals surface area contributed by atoms with Gasteiger partial charge in [0.25, 0.3) is 0 Å². The Morgan fingerprint density at radius 2 is 2.11 bits per heavy atom. The first-order chi connectivity index (χ1) is 9.15. The molecule has 0 spiro atoms. The summed E-state index contributed by atoms with van der Waals surface area (Å²) in [5.41, 5.74) is 7.95. The average Bonchev–Trinajstić information content (AvgIpc) is 2.69. The van der Waals surface area contributed by atoms with Crippen LogP contribution < -0.4 is 5.73 Å². The van der Waals surface area contributed by atoms with Crippen molar-refractivity contribution in [2.45, 2.75) is 13.2 Å². The number of nitrogens with two attached hydrogens (primary N) is 1. The Morgan fingerprint density at radius 3 is 2.68 bits per heavy atom. The lowest BCUT2D eigenvalue weighted by Gasteiger charge is -2.04. The number of benzene rings is 1. The summed E-state index contributed by atoms with van der Waals surface area (Å²) in [5.74, 6) is 0.373. The summed E-state index contributed by atoms with van der Waals surface area (Å²) in [6.07, 6.45) is 0. The summed E-state index contributed by atoms with van der Waals surface area (Å²) < 4.78 is 7.65. The number of ether oxygens (including phenoxy) is 1. The van der Waals surface area contributed by atoms with Gasteiger partial charge in [-0.1, -0.05) is 28.1 Å². The normalized spacial score (nSPS) is 10.4. The Balaban J connectivity index is 2.30. The summed E-state index contributed by atoms with van der Waals surface area (Å²) in [4.78, 5) is 0. The van der Waals surface area contributed by atoms with E-state index in [0.29, 0.717) is 23.6 Å². The maximum Gasteiger partial charge on any atom is 0.140 e. The first-order valence-corrected chi connectivity index (χ1v) is 6.43. The molecule has 0 bridgehead atoms. The maximum absolute atomic E-state index is 9.10. The highest BCUT2D eigenvalue weighted by Crippen LogP contribution is 2.19. The lowest BCUT2D eigenvalue weighted by atomic mass is 10.2. The van der Waals surface area contributed by atoms with Crippen LogP contribution in [0.3, 0.4) is 0 Å². The third kappa shape index (κ3) is 2.95. The molecule has 98 valence electrons. The third-order valence-electron chi connectivity index (χ3n) is 2.70. The van der Waals surface area contributed by atoms with Crippen LogP contribution in [0.25, 0.3) is 0 Å². The van der Waals surface area contributed by atoms with E-state index in [4.69, 9.17) is 15.7 Å². The van der Waals surface area contributed by atoms with Gasteiger partial charge in [-0.2, -0.15) is 10.4 Å². The van der Waals surface area contributed by atoms with Crippen LogP contribution in [0.2, 0.25) is 0 Å². The van der Waals surface area contributed by atoms with Crippen molar-refractivity contribution in [3.05, 3.63) is 45.6 Å². The minimum atomic E-state index is 0.278. The van der Waals surface area contributed by atoms with E-state index >= 15 is 0 Å². The largest absolute Gasteiger partial charge is 0.383 e. The van der Waals surface area contributed by atoms with Gasteiger partial charge in [0.1, 0.15) is 23.1 Å². The predicted molar refractivity (Wildman–Crippen MR) is 75.3 cm³/mol. The number of hydrogen-bond donors (Lipinski definition) is 1. The number of anilines is 1. The SMILES string of the molecule is COCc1nn(Cc2ccc(Br)cc2)c(N)c1C#N. The number of nitrogens with zero attached hydrogens (tertiary/aromatic N) is 3. The number of aromatic nitrogens is 2. The molecule has 1 aromatic carbocycles. The quantitative estimate of drug-likeness (QED) is 0.937. The van der Waals surface area contributed by atoms with E-state index in [1.807, 2.05) is 24.3 Å². The molecule has 1 heterocycles. The predicted octanol–water partition coefficient (Wildman–Crippen LogP) is 2.29. The van der Waals surface area contributed by atoms with Crippen LogP contribution in [0.4, 0.5) is 5.82 Å². The van der Waals surface area contributed by atoms with Gasteiger partial charge in [-0.05, 0) is 17.7 Å². The number of methoxy groups -OCH3 is 1. The molecule has 2 rings (SSSR count).